The fourth-order valence-electron chi connectivity index (χ4n) is 5.10. The van der Waals surface area contributed by atoms with E-state index in [1.165, 1.54) is 0 Å². The molecule has 1 N–H and O–H groups in total. The Balaban J connectivity index is 1.28. The standard InChI is InChI=1S/C24H22N6O3/c31-10-9-30-21(32)12-16-11-19-17(22(16)30)7-4-8-18(19)23-25-24(33-27-23)20-14-29(28-26-20)13-15-5-2-1-3-6-15/h1-8,14,16,22,31H,9-13H2/t16-,22+/m1/s1. The maximum absolute atomic E-state index is 12.4. The smallest absolute Gasteiger partial charge is 0.280 e. The Morgan fingerprint density at radius 3 is 2.82 bits per heavy atom. The summed E-state index contributed by atoms with van der Waals surface area (Å²) in [6.07, 6.45) is 3.07. The number of likely N-dealkylation sites (tertiary alicyclic amines) is 1. The molecule has 4 aromatic rings. The second-order valence-electron chi connectivity index (χ2n) is 8.51. The molecular formula is C24H22N6O3. The number of hydrogen-bond acceptors (Lipinski definition) is 7. The van der Waals surface area contributed by atoms with Crippen LogP contribution in [0.25, 0.3) is 23.0 Å². The number of rotatable bonds is 6. The van der Waals surface area contributed by atoms with Gasteiger partial charge in [-0.2, -0.15) is 4.98 Å². The molecule has 9 nitrogen and oxygen atoms in total. The minimum Gasteiger partial charge on any atom is -0.395 e. The Labute approximate surface area is 189 Å². The van der Waals surface area contributed by atoms with Crippen molar-refractivity contribution < 1.29 is 14.4 Å². The van der Waals surface area contributed by atoms with Gasteiger partial charge in [0.1, 0.15) is 0 Å². The van der Waals surface area contributed by atoms with Crippen LogP contribution in [0, 0.1) is 5.92 Å². The third-order valence-electron chi connectivity index (χ3n) is 6.49. The van der Waals surface area contributed by atoms with Crippen molar-refractivity contribution in [3.63, 3.8) is 0 Å². The molecule has 9 heteroatoms. The van der Waals surface area contributed by atoms with Crippen LogP contribution in [-0.2, 0) is 17.8 Å². The predicted octanol–water partition coefficient (Wildman–Crippen LogP) is 2.48. The summed E-state index contributed by atoms with van der Waals surface area (Å²) in [5.74, 6) is 1.14. The Kier molecular flexibility index (Phi) is 4.76. The highest BCUT2D eigenvalue weighted by molar-refractivity contribution is 5.81. The fraction of sp³-hybridized carbons (Fsp3) is 0.292. The average Bonchev–Trinajstić information content (AvgIpc) is 3.60. The van der Waals surface area contributed by atoms with Gasteiger partial charge in [0.2, 0.25) is 11.7 Å². The first-order valence-corrected chi connectivity index (χ1v) is 11.0. The summed E-state index contributed by atoms with van der Waals surface area (Å²) in [6, 6.07) is 16.0. The molecule has 2 aliphatic rings. The summed E-state index contributed by atoms with van der Waals surface area (Å²) in [5.41, 5.74) is 4.80. The third-order valence-corrected chi connectivity index (χ3v) is 6.49. The molecule has 2 aromatic heterocycles. The number of aliphatic hydroxyl groups excluding tert-OH is 1. The van der Waals surface area contributed by atoms with Gasteiger partial charge < -0.3 is 14.5 Å². The molecule has 3 heterocycles. The average molecular weight is 442 g/mol. The van der Waals surface area contributed by atoms with Gasteiger partial charge in [-0.1, -0.05) is 58.9 Å². The highest BCUT2D eigenvalue weighted by atomic mass is 16.5. The summed E-state index contributed by atoms with van der Waals surface area (Å²) in [4.78, 5) is 18.8. The lowest BCUT2D eigenvalue weighted by atomic mass is 10.0. The molecule has 1 fully saturated rings. The van der Waals surface area contributed by atoms with Crippen LogP contribution in [0.5, 0.6) is 0 Å². The van der Waals surface area contributed by atoms with Crippen LogP contribution in [0.3, 0.4) is 0 Å². The first-order valence-electron chi connectivity index (χ1n) is 11.0. The van der Waals surface area contributed by atoms with Crippen molar-refractivity contribution in [2.45, 2.75) is 25.4 Å². The van der Waals surface area contributed by atoms with Crippen LogP contribution >= 0.6 is 0 Å². The quantitative estimate of drug-likeness (QED) is 0.488. The number of carbonyl (C=O) groups is 1. The first-order chi connectivity index (χ1) is 16.2. The summed E-state index contributed by atoms with van der Waals surface area (Å²) in [6.45, 7) is 0.921. The molecule has 6 rings (SSSR count). The summed E-state index contributed by atoms with van der Waals surface area (Å²) in [7, 11) is 0. The monoisotopic (exact) mass is 442 g/mol. The second-order valence-corrected chi connectivity index (χ2v) is 8.51. The Morgan fingerprint density at radius 2 is 1.97 bits per heavy atom. The number of benzene rings is 2. The molecule has 1 aliphatic carbocycles. The SMILES string of the molecule is O=C1C[C@H]2Cc3c(-c4noc(-c5cn(Cc6ccccc6)nn5)n4)cccc3[C@H]2N1CCO. The number of aliphatic hydroxyl groups is 1. The number of carbonyl (C=O) groups excluding carboxylic acids is 1. The maximum atomic E-state index is 12.4. The molecule has 0 spiro atoms. The topological polar surface area (TPSA) is 110 Å². The minimum atomic E-state index is -0.0386. The van der Waals surface area contributed by atoms with E-state index in [4.69, 9.17) is 4.52 Å². The number of nitrogens with zero attached hydrogens (tertiary/aromatic N) is 6. The third kappa shape index (κ3) is 3.41. The zero-order valence-corrected chi connectivity index (χ0v) is 17.8. The van der Waals surface area contributed by atoms with E-state index in [1.54, 1.807) is 15.8 Å². The highest BCUT2D eigenvalue weighted by Crippen LogP contribution is 2.49. The molecule has 0 bridgehead atoms. The van der Waals surface area contributed by atoms with Crippen LogP contribution in [-0.4, -0.2) is 54.2 Å². The van der Waals surface area contributed by atoms with Crippen molar-refractivity contribution in [2.24, 2.45) is 5.92 Å². The van der Waals surface area contributed by atoms with E-state index in [2.05, 4.69) is 26.5 Å². The largest absolute Gasteiger partial charge is 0.395 e. The Morgan fingerprint density at radius 1 is 1.09 bits per heavy atom. The number of β-amino-alcohol motifs (C(OH)–C–C–N with tert-alkyl or cyclic N) is 1. The van der Waals surface area contributed by atoms with Crippen LogP contribution in [0.1, 0.15) is 29.2 Å². The lowest BCUT2D eigenvalue weighted by molar-refractivity contribution is -0.129. The summed E-state index contributed by atoms with van der Waals surface area (Å²) >= 11 is 0. The molecule has 1 aliphatic heterocycles. The van der Waals surface area contributed by atoms with Gasteiger partial charge >= 0.3 is 0 Å². The molecule has 33 heavy (non-hydrogen) atoms. The van der Waals surface area contributed by atoms with Gasteiger partial charge in [0.15, 0.2) is 5.69 Å². The molecule has 2 atom stereocenters. The molecule has 2 aromatic carbocycles. The van der Waals surface area contributed by atoms with Crippen molar-refractivity contribution in [3.8, 4) is 23.0 Å². The Hall–Kier alpha value is -3.85. The lowest BCUT2D eigenvalue weighted by Crippen LogP contribution is -2.30. The zero-order valence-electron chi connectivity index (χ0n) is 17.8. The van der Waals surface area contributed by atoms with Gasteiger partial charge in [0.05, 0.1) is 25.4 Å². The van der Waals surface area contributed by atoms with E-state index in [-0.39, 0.29) is 24.5 Å². The van der Waals surface area contributed by atoms with Crippen molar-refractivity contribution in [1.82, 2.24) is 30.0 Å². The Bertz CT molecular complexity index is 1310. The molecule has 166 valence electrons. The summed E-state index contributed by atoms with van der Waals surface area (Å²) in [5, 5.41) is 22.0. The van der Waals surface area contributed by atoms with Crippen molar-refractivity contribution >= 4 is 5.91 Å². The van der Waals surface area contributed by atoms with Gasteiger partial charge in [-0.15, -0.1) is 5.10 Å². The van der Waals surface area contributed by atoms with E-state index in [1.807, 2.05) is 42.5 Å². The van der Waals surface area contributed by atoms with E-state index in [9.17, 15) is 9.90 Å². The van der Waals surface area contributed by atoms with E-state index < -0.39 is 0 Å². The van der Waals surface area contributed by atoms with Gasteiger partial charge in [-0.25, -0.2) is 4.68 Å². The van der Waals surface area contributed by atoms with E-state index in [0.717, 1.165) is 28.7 Å². The minimum absolute atomic E-state index is 0.00357. The molecule has 0 radical (unpaired) electrons. The molecule has 0 unspecified atom stereocenters. The molecule has 1 amide bonds. The van der Waals surface area contributed by atoms with E-state index in [0.29, 0.717) is 36.9 Å². The lowest BCUT2D eigenvalue weighted by Gasteiger charge is -2.24. The molecular weight excluding hydrogens is 420 g/mol. The van der Waals surface area contributed by atoms with Gasteiger partial charge in [-0.3, -0.25) is 4.79 Å². The first kappa shape index (κ1) is 19.8. The number of amides is 1. The maximum Gasteiger partial charge on any atom is 0.280 e. The van der Waals surface area contributed by atoms with Gasteiger partial charge in [-0.05, 0) is 29.0 Å². The van der Waals surface area contributed by atoms with Crippen LogP contribution in [0.4, 0.5) is 0 Å². The second kappa shape index (κ2) is 7.93. The zero-order chi connectivity index (χ0) is 22.4. The van der Waals surface area contributed by atoms with Crippen LogP contribution in [0.15, 0.2) is 59.3 Å². The molecule has 0 saturated carbocycles. The van der Waals surface area contributed by atoms with Crippen LogP contribution < -0.4 is 0 Å². The van der Waals surface area contributed by atoms with Gasteiger partial charge in [0, 0.05) is 18.5 Å². The number of aromatic nitrogens is 5. The van der Waals surface area contributed by atoms with Crippen LogP contribution in [0.2, 0.25) is 0 Å². The molecule has 1 saturated heterocycles. The predicted molar refractivity (Wildman–Crippen MR) is 118 cm³/mol. The van der Waals surface area contributed by atoms with Crippen molar-refractivity contribution in [3.05, 3.63) is 71.4 Å². The van der Waals surface area contributed by atoms with E-state index >= 15 is 0 Å². The highest BCUT2D eigenvalue weighted by Gasteiger charge is 2.46. The van der Waals surface area contributed by atoms with Crippen molar-refractivity contribution in [1.29, 1.82) is 0 Å². The van der Waals surface area contributed by atoms with Gasteiger partial charge in [0.25, 0.3) is 5.89 Å². The normalized spacial score (nSPS) is 19.2. The van der Waals surface area contributed by atoms with Crippen molar-refractivity contribution in [2.75, 3.05) is 13.2 Å². The summed E-state index contributed by atoms with van der Waals surface area (Å²) < 4.78 is 7.26. The number of hydrogen-bond donors (Lipinski definition) is 1. The fourth-order valence-corrected chi connectivity index (χ4v) is 5.10. The number of fused-ring (bicyclic) bond motifs is 3.